The van der Waals surface area contributed by atoms with Gasteiger partial charge in [0.05, 0.1) is 11.0 Å². The first kappa shape index (κ1) is 31.1. The highest BCUT2D eigenvalue weighted by Crippen LogP contribution is 2.42. The van der Waals surface area contributed by atoms with Crippen molar-refractivity contribution in [1.82, 2.24) is 9.55 Å². The number of hydrogen-bond donors (Lipinski definition) is 0. The molecule has 0 bridgehead atoms. The molecule has 2 heterocycles. The molecule has 4 nitrogen and oxygen atoms in total. The van der Waals surface area contributed by atoms with Crippen molar-refractivity contribution in [3.63, 3.8) is 0 Å². The molecule has 0 aliphatic carbocycles. The van der Waals surface area contributed by atoms with E-state index in [0.717, 1.165) is 66.5 Å². The molecular weight excluding hydrogens is 671 g/mol. The van der Waals surface area contributed by atoms with Gasteiger partial charge >= 0.3 is 0 Å². The van der Waals surface area contributed by atoms with Gasteiger partial charge in [-0.05, 0) is 100 Å². The van der Waals surface area contributed by atoms with Crippen LogP contribution in [-0.2, 0) is 0 Å². The molecule has 11 aromatic rings. The molecule has 0 aliphatic heterocycles. The largest absolute Gasteiger partial charge is 0.436 e. The number of nitrogens with zero attached hydrogens (tertiary/aromatic N) is 3. The predicted molar refractivity (Wildman–Crippen MR) is 229 cm³/mol. The van der Waals surface area contributed by atoms with E-state index in [1.54, 1.807) is 0 Å². The second kappa shape index (κ2) is 12.6. The Morgan fingerprint density at radius 2 is 1.00 bits per heavy atom. The normalized spacial score (nSPS) is 11.6. The Morgan fingerprint density at radius 3 is 1.80 bits per heavy atom. The van der Waals surface area contributed by atoms with Crippen molar-refractivity contribution in [2.75, 3.05) is 4.90 Å². The maximum Gasteiger partial charge on any atom is 0.227 e. The van der Waals surface area contributed by atoms with Gasteiger partial charge in [-0.2, -0.15) is 0 Å². The van der Waals surface area contributed by atoms with Gasteiger partial charge in [-0.15, -0.1) is 0 Å². The minimum absolute atomic E-state index is 0.624. The molecule has 0 amide bonds. The molecule has 4 heteroatoms. The first-order valence-electron chi connectivity index (χ1n) is 18.6. The second-order valence-corrected chi connectivity index (χ2v) is 14.0. The number of oxazole rings is 1. The standard InChI is InChI=1S/C51H33N3O/c1-4-12-34(13-5-1)35-22-26-40(27-23-35)53(42-29-30-44-43-18-10-11-19-46(43)54(47(44)33-42)39-16-8-3-9-17-39)41-28-24-36-20-21-37-25-31-48-50(49(37)45(36)32-41)52-51(55-48)38-14-6-2-7-15-38/h1-33H. The Hall–Kier alpha value is -7.43. The minimum Gasteiger partial charge on any atom is -0.436 e. The summed E-state index contributed by atoms with van der Waals surface area (Å²) in [5, 5.41) is 6.93. The van der Waals surface area contributed by atoms with Crippen molar-refractivity contribution in [3.8, 4) is 28.3 Å². The van der Waals surface area contributed by atoms with Gasteiger partial charge in [0.15, 0.2) is 5.58 Å². The van der Waals surface area contributed by atoms with Crippen molar-refractivity contribution < 1.29 is 4.42 Å². The third kappa shape index (κ3) is 5.19. The molecule has 0 fully saturated rings. The second-order valence-electron chi connectivity index (χ2n) is 14.0. The first-order valence-corrected chi connectivity index (χ1v) is 18.6. The van der Waals surface area contributed by atoms with Crippen LogP contribution in [0.1, 0.15) is 0 Å². The van der Waals surface area contributed by atoms with Crippen molar-refractivity contribution in [2.24, 2.45) is 0 Å². The summed E-state index contributed by atoms with van der Waals surface area (Å²) in [5.74, 6) is 0.624. The third-order valence-electron chi connectivity index (χ3n) is 10.8. The van der Waals surface area contributed by atoms with Gasteiger partial charge in [0.25, 0.3) is 0 Å². The summed E-state index contributed by atoms with van der Waals surface area (Å²) in [6.45, 7) is 0. The maximum absolute atomic E-state index is 6.36. The number of aromatic nitrogens is 2. The average molecular weight is 704 g/mol. The summed E-state index contributed by atoms with van der Waals surface area (Å²) in [5.41, 5.74) is 11.6. The Morgan fingerprint density at radius 1 is 0.418 bits per heavy atom. The summed E-state index contributed by atoms with van der Waals surface area (Å²) in [7, 11) is 0. The molecule has 0 radical (unpaired) electrons. The zero-order chi connectivity index (χ0) is 36.3. The van der Waals surface area contributed by atoms with E-state index in [2.05, 4.69) is 173 Å². The van der Waals surface area contributed by atoms with Gasteiger partial charge in [0, 0.05) is 44.5 Å². The Labute approximate surface area is 317 Å². The summed E-state index contributed by atoms with van der Waals surface area (Å²) in [6, 6.07) is 71.1. The summed E-state index contributed by atoms with van der Waals surface area (Å²) < 4.78 is 8.74. The number of fused-ring (bicyclic) bond motifs is 8. The lowest BCUT2D eigenvalue weighted by Gasteiger charge is -2.26. The molecule has 0 saturated carbocycles. The van der Waals surface area contributed by atoms with Crippen LogP contribution in [0.4, 0.5) is 17.1 Å². The van der Waals surface area contributed by atoms with Gasteiger partial charge in [0.2, 0.25) is 5.89 Å². The summed E-state index contributed by atoms with van der Waals surface area (Å²) >= 11 is 0. The van der Waals surface area contributed by atoms with Crippen LogP contribution in [0.5, 0.6) is 0 Å². The zero-order valence-electron chi connectivity index (χ0n) is 29.8. The molecule has 0 spiro atoms. The highest BCUT2D eigenvalue weighted by Gasteiger charge is 2.20. The molecule has 0 saturated heterocycles. The van der Waals surface area contributed by atoms with Crippen LogP contribution in [0.25, 0.3) is 82.7 Å². The quantitative estimate of drug-likeness (QED) is 0.162. The fourth-order valence-electron chi connectivity index (χ4n) is 8.19. The van der Waals surface area contributed by atoms with Crippen LogP contribution >= 0.6 is 0 Å². The molecule has 11 rings (SSSR count). The van der Waals surface area contributed by atoms with E-state index in [0.29, 0.717) is 5.89 Å². The van der Waals surface area contributed by atoms with Crippen molar-refractivity contribution in [1.29, 1.82) is 0 Å². The summed E-state index contributed by atoms with van der Waals surface area (Å²) in [6.07, 6.45) is 0. The van der Waals surface area contributed by atoms with Crippen molar-refractivity contribution in [3.05, 3.63) is 200 Å². The van der Waals surface area contributed by atoms with E-state index in [9.17, 15) is 0 Å². The number of hydrogen-bond acceptors (Lipinski definition) is 3. The van der Waals surface area contributed by atoms with Crippen LogP contribution in [0.15, 0.2) is 205 Å². The van der Waals surface area contributed by atoms with E-state index < -0.39 is 0 Å². The van der Waals surface area contributed by atoms with E-state index in [1.807, 2.05) is 36.4 Å². The maximum atomic E-state index is 6.36. The van der Waals surface area contributed by atoms with E-state index in [1.165, 1.54) is 27.4 Å². The van der Waals surface area contributed by atoms with E-state index in [4.69, 9.17) is 9.40 Å². The lowest BCUT2D eigenvalue weighted by Crippen LogP contribution is -2.10. The fourth-order valence-corrected chi connectivity index (χ4v) is 8.19. The van der Waals surface area contributed by atoms with Crippen molar-refractivity contribution in [2.45, 2.75) is 0 Å². The van der Waals surface area contributed by atoms with Crippen LogP contribution in [0.2, 0.25) is 0 Å². The van der Waals surface area contributed by atoms with Gasteiger partial charge in [-0.25, -0.2) is 4.98 Å². The van der Waals surface area contributed by atoms with Gasteiger partial charge < -0.3 is 13.9 Å². The number of benzene rings is 9. The van der Waals surface area contributed by atoms with E-state index >= 15 is 0 Å². The SMILES string of the molecule is c1ccc(-c2ccc(N(c3ccc4ccc5ccc6oc(-c7ccccc7)nc6c5c4c3)c3ccc4c5ccccc5n(-c5ccccc5)c4c3)cc2)cc1. The molecule has 0 unspecified atom stereocenters. The molecule has 0 aliphatic rings. The minimum atomic E-state index is 0.624. The highest BCUT2D eigenvalue weighted by atomic mass is 16.3. The lowest BCUT2D eigenvalue weighted by atomic mass is 9.99. The Balaban J connectivity index is 1.15. The van der Waals surface area contributed by atoms with Crippen LogP contribution in [-0.4, -0.2) is 9.55 Å². The number of anilines is 3. The molecule has 0 atom stereocenters. The molecule has 55 heavy (non-hydrogen) atoms. The van der Waals surface area contributed by atoms with Crippen molar-refractivity contribution >= 4 is 71.5 Å². The van der Waals surface area contributed by atoms with Crippen LogP contribution in [0.3, 0.4) is 0 Å². The first-order chi connectivity index (χ1) is 27.3. The monoisotopic (exact) mass is 703 g/mol. The smallest absolute Gasteiger partial charge is 0.227 e. The predicted octanol–water partition coefficient (Wildman–Crippen LogP) is 14.0. The van der Waals surface area contributed by atoms with Gasteiger partial charge in [-0.1, -0.05) is 127 Å². The third-order valence-corrected chi connectivity index (χ3v) is 10.8. The molecule has 9 aromatic carbocycles. The number of para-hydroxylation sites is 2. The molecule has 2 aromatic heterocycles. The Bertz CT molecular complexity index is 3180. The highest BCUT2D eigenvalue weighted by molar-refractivity contribution is 6.19. The zero-order valence-corrected chi connectivity index (χ0v) is 29.8. The number of rotatable bonds is 6. The molecular formula is C51H33N3O. The summed E-state index contributed by atoms with van der Waals surface area (Å²) in [4.78, 5) is 7.47. The van der Waals surface area contributed by atoms with E-state index in [-0.39, 0.29) is 0 Å². The van der Waals surface area contributed by atoms with Crippen LogP contribution in [0, 0.1) is 0 Å². The van der Waals surface area contributed by atoms with Crippen LogP contribution < -0.4 is 4.90 Å². The Kier molecular flexibility index (Phi) is 7.14. The fraction of sp³-hybridized carbons (Fsp3) is 0. The van der Waals surface area contributed by atoms with Gasteiger partial charge in [0.1, 0.15) is 5.52 Å². The molecule has 0 N–H and O–H groups in total. The molecule has 258 valence electrons. The van der Waals surface area contributed by atoms with Gasteiger partial charge in [-0.3, -0.25) is 0 Å². The topological polar surface area (TPSA) is 34.2 Å². The lowest BCUT2D eigenvalue weighted by molar-refractivity contribution is 0.620. The average Bonchev–Trinajstić information content (AvgIpc) is 3.84.